The van der Waals surface area contributed by atoms with Gasteiger partial charge in [0.15, 0.2) is 6.10 Å². The van der Waals surface area contributed by atoms with Crippen LogP contribution < -0.4 is 0 Å². The molecule has 4 heteroatoms. The molecule has 1 aliphatic heterocycles. The van der Waals surface area contributed by atoms with Crippen LogP contribution in [-0.4, -0.2) is 22.7 Å². The van der Waals surface area contributed by atoms with Gasteiger partial charge in [0.2, 0.25) is 0 Å². The van der Waals surface area contributed by atoms with Gasteiger partial charge in [-0.15, -0.1) is 0 Å². The minimum atomic E-state index is -0.466. The van der Waals surface area contributed by atoms with E-state index in [9.17, 15) is 4.79 Å². The van der Waals surface area contributed by atoms with Crippen LogP contribution in [0, 0.1) is 0 Å². The molecule has 1 fully saturated rings. The Labute approximate surface area is 94.6 Å². The first-order valence-corrected chi connectivity index (χ1v) is 5.25. The summed E-state index contributed by atoms with van der Waals surface area (Å²) >= 11 is 0. The molecule has 4 nitrogen and oxygen atoms in total. The first kappa shape index (κ1) is 11.1. The summed E-state index contributed by atoms with van der Waals surface area (Å²) in [7, 11) is 0. The summed E-state index contributed by atoms with van der Waals surface area (Å²) in [6, 6.07) is 3.68. The van der Waals surface area contributed by atoms with E-state index in [0.29, 0.717) is 0 Å². The lowest BCUT2D eigenvalue weighted by molar-refractivity contribution is -0.156. The summed E-state index contributed by atoms with van der Waals surface area (Å²) in [4.78, 5) is 15.6. The molecule has 0 aromatic carbocycles. The predicted molar refractivity (Wildman–Crippen MR) is 57.7 cm³/mol. The van der Waals surface area contributed by atoms with Crippen LogP contribution in [0.15, 0.2) is 24.5 Å². The highest BCUT2D eigenvalue weighted by molar-refractivity contribution is 5.78. The second kappa shape index (κ2) is 3.87. The van der Waals surface area contributed by atoms with Crippen molar-refractivity contribution in [2.45, 2.75) is 38.6 Å². The lowest BCUT2D eigenvalue weighted by Crippen LogP contribution is -2.26. The van der Waals surface area contributed by atoms with Crippen LogP contribution in [0.3, 0.4) is 0 Å². The Morgan fingerprint density at radius 1 is 1.38 bits per heavy atom. The maximum Gasteiger partial charge on any atom is 0.338 e. The molecule has 0 bridgehead atoms. The Kier molecular flexibility index (Phi) is 2.68. The van der Waals surface area contributed by atoms with Gasteiger partial charge < -0.3 is 9.47 Å². The molecule has 16 heavy (non-hydrogen) atoms. The van der Waals surface area contributed by atoms with Crippen LogP contribution in [0.2, 0.25) is 0 Å². The van der Waals surface area contributed by atoms with Crippen LogP contribution in [0.1, 0.15) is 32.4 Å². The van der Waals surface area contributed by atoms with Gasteiger partial charge in [-0.2, -0.15) is 0 Å². The molecule has 1 aliphatic rings. The molecule has 0 unspecified atom stereocenters. The Morgan fingerprint density at radius 2 is 2.00 bits per heavy atom. The van der Waals surface area contributed by atoms with Gasteiger partial charge in [0.25, 0.3) is 0 Å². The lowest BCUT2D eigenvalue weighted by Gasteiger charge is -2.18. The van der Waals surface area contributed by atoms with Crippen molar-refractivity contribution in [1.82, 2.24) is 4.98 Å². The number of hydrogen-bond acceptors (Lipinski definition) is 4. The summed E-state index contributed by atoms with van der Waals surface area (Å²) in [5.41, 5.74) is 0.497. The maximum atomic E-state index is 11.6. The number of nitrogens with zero attached hydrogens (tertiary/aromatic N) is 1. The topological polar surface area (TPSA) is 51.7 Å². The standard InChI is InChI=1S/C12H15NO3/c1-12(2,3)16-11(14)10-9(15-10)8-4-6-13-7-5-8/h4-7,9-10H,1-3H3/t9-,10+/m0/s1. The van der Waals surface area contributed by atoms with Crippen molar-refractivity contribution in [3.8, 4) is 0 Å². The van der Waals surface area contributed by atoms with E-state index in [4.69, 9.17) is 9.47 Å². The molecule has 2 atom stereocenters. The number of rotatable bonds is 2. The second-order valence-electron chi connectivity index (χ2n) is 4.79. The van der Waals surface area contributed by atoms with E-state index in [1.165, 1.54) is 0 Å². The van der Waals surface area contributed by atoms with Crippen LogP contribution in [0.5, 0.6) is 0 Å². The van der Waals surface area contributed by atoms with E-state index in [0.717, 1.165) is 5.56 Å². The van der Waals surface area contributed by atoms with E-state index in [1.54, 1.807) is 12.4 Å². The number of ether oxygens (including phenoxy) is 2. The van der Waals surface area contributed by atoms with E-state index in [2.05, 4.69) is 4.98 Å². The third kappa shape index (κ3) is 2.58. The van der Waals surface area contributed by atoms with Crippen molar-refractivity contribution < 1.29 is 14.3 Å². The van der Waals surface area contributed by atoms with Gasteiger partial charge in [-0.05, 0) is 38.5 Å². The average molecular weight is 221 g/mol. The molecule has 0 saturated carbocycles. The Balaban J connectivity index is 1.95. The number of carbonyl (C=O) groups is 1. The first-order chi connectivity index (χ1) is 7.47. The van der Waals surface area contributed by atoms with E-state index >= 15 is 0 Å². The predicted octanol–water partition coefficient (Wildman–Crippen LogP) is 1.86. The number of carbonyl (C=O) groups excluding carboxylic acids is 1. The highest BCUT2D eigenvalue weighted by atomic mass is 16.6. The fourth-order valence-corrected chi connectivity index (χ4v) is 1.46. The van der Waals surface area contributed by atoms with Gasteiger partial charge in [-0.3, -0.25) is 4.98 Å². The number of aromatic nitrogens is 1. The Hall–Kier alpha value is -1.42. The molecule has 0 spiro atoms. The number of pyridine rings is 1. The number of hydrogen-bond donors (Lipinski definition) is 0. The van der Waals surface area contributed by atoms with Crippen molar-refractivity contribution >= 4 is 5.97 Å². The van der Waals surface area contributed by atoms with E-state index in [1.807, 2.05) is 32.9 Å². The van der Waals surface area contributed by atoms with Crippen LogP contribution in [0.4, 0.5) is 0 Å². The quantitative estimate of drug-likeness (QED) is 0.565. The molecule has 1 aromatic rings. The monoisotopic (exact) mass is 221 g/mol. The molecule has 0 radical (unpaired) electrons. The average Bonchev–Trinajstić information content (AvgIpc) is 2.96. The lowest BCUT2D eigenvalue weighted by atomic mass is 10.1. The summed E-state index contributed by atoms with van der Waals surface area (Å²) < 4.78 is 10.5. The normalized spacial score (nSPS) is 23.9. The fraction of sp³-hybridized carbons (Fsp3) is 0.500. The molecule has 0 aliphatic carbocycles. The molecule has 86 valence electrons. The minimum absolute atomic E-state index is 0.169. The van der Waals surface area contributed by atoms with Gasteiger partial charge in [0.1, 0.15) is 11.7 Å². The molecular formula is C12H15NO3. The van der Waals surface area contributed by atoms with Gasteiger partial charge >= 0.3 is 5.97 Å². The molecule has 1 aromatic heterocycles. The number of esters is 1. The summed E-state index contributed by atoms with van der Waals surface area (Å²) in [5, 5.41) is 0. The summed E-state index contributed by atoms with van der Waals surface area (Å²) in [6.07, 6.45) is 2.74. The van der Waals surface area contributed by atoms with Gasteiger partial charge in [-0.1, -0.05) is 0 Å². The van der Waals surface area contributed by atoms with Crippen molar-refractivity contribution in [2.75, 3.05) is 0 Å². The SMILES string of the molecule is CC(C)(C)OC(=O)[C@@H]1O[C@H]1c1ccncc1. The first-order valence-electron chi connectivity index (χ1n) is 5.25. The van der Waals surface area contributed by atoms with Gasteiger partial charge in [0, 0.05) is 12.4 Å². The van der Waals surface area contributed by atoms with Crippen LogP contribution in [0.25, 0.3) is 0 Å². The van der Waals surface area contributed by atoms with Gasteiger partial charge in [-0.25, -0.2) is 4.79 Å². The Bertz CT molecular complexity index is 383. The zero-order valence-electron chi connectivity index (χ0n) is 9.64. The number of epoxide rings is 1. The Morgan fingerprint density at radius 3 is 2.56 bits per heavy atom. The van der Waals surface area contributed by atoms with Crippen molar-refractivity contribution in [1.29, 1.82) is 0 Å². The molecule has 1 saturated heterocycles. The fourth-order valence-electron chi connectivity index (χ4n) is 1.46. The molecule has 0 N–H and O–H groups in total. The summed E-state index contributed by atoms with van der Waals surface area (Å²) in [5.74, 6) is -0.297. The van der Waals surface area contributed by atoms with Gasteiger partial charge in [0.05, 0.1) is 0 Å². The third-order valence-electron chi connectivity index (χ3n) is 2.17. The zero-order chi connectivity index (χ0) is 11.8. The third-order valence-corrected chi connectivity index (χ3v) is 2.17. The van der Waals surface area contributed by atoms with Crippen molar-refractivity contribution in [2.24, 2.45) is 0 Å². The smallest absolute Gasteiger partial charge is 0.338 e. The second-order valence-corrected chi connectivity index (χ2v) is 4.79. The zero-order valence-corrected chi connectivity index (χ0v) is 9.64. The molecule has 2 heterocycles. The van der Waals surface area contributed by atoms with Crippen LogP contribution >= 0.6 is 0 Å². The van der Waals surface area contributed by atoms with E-state index < -0.39 is 11.7 Å². The largest absolute Gasteiger partial charge is 0.458 e. The van der Waals surface area contributed by atoms with Crippen molar-refractivity contribution in [3.63, 3.8) is 0 Å². The highest BCUT2D eigenvalue weighted by Gasteiger charge is 2.48. The molecular weight excluding hydrogens is 206 g/mol. The highest BCUT2D eigenvalue weighted by Crippen LogP contribution is 2.39. The maximum absolute atomic E-state index is 11.6. The van der Waals surface area contributed by atoms with E-state index in [-0.39, 0.29) is 12.1 Å². The molecule has 2 rings (SSSR count). The minimum Gasteiger partial charge on any atom is -0.458 e. The molecule has 0 amide bonds. The van der Waals surface area contributed by atoms with Crippen LogP contribution in [-0.2, 0) is 14.3 Å². The summed E-state index contributed by atoms with van der Waals surface area (Å²) in [6.45, 7) is 5.53. The van der Waals surface area contributed by atoms with Crippen molar-refractivity contribution in [3.05, 3.63) is 30.1 Å².